The first-order valence-electron chi connectivity index (χ1n) is 11.3. The molecule has 2 unspecified atom stereocenters. The Morgan fingerprint density at radius 1 is 0.829 bits per heavy atom. The first kappa shape index (κ1) is 23.3. The van der Waals surface area contributed by atoms with Gasteiger partial charge in [-0.25, -0.2) is 4.98 Å². The predicted molar refractivity (Wildman–Crippen MR) is 143 cm³/mol. The van der Waals surface area contributed by atoms with Crippen LogP contribution in [0.2, 0.25) is 5.02 Å². The van der Waals surface area contributed by atoms with Gasteiger partial charge in [0.05, 0.1) is 11.4 Å². The van der Waals surface area contributed by atoms with E-state index < -0.39 is 0 Å². The Morgan fingerprint density at radius 3 is 2.31 bits per heavy atom. The second-order valence-electron chi connectivity index (χ2n) is 8.28. The van der Waals surface area contributed by atoms with Gasteiger partial charge >= 0.3 is 0 Å². The summed E-state index contributed by atoms with van der Waals surface area (Å²) in [6, 6.07) is 33.1. The number of aromatic nitrogens is 2. The number of para-hydroxylation sites is 1. The maximum Gasteiger partial charge on any atom is 0.210 e. The largest absolute Gasteiger partial charge is 0.872 e. The summed E-state index contributed by atoms with van der Waals surface area (Å²) < 4.78 is 3.09. The van der Waals surface area contributed by atoms with Crippen LogP contribution in [0.4, 0.5) is 0 Å². The van der Waals surface area contributed by atoms with Gasteiger partial charge in [-0.1, -0.05) is 94.3 Å². The van der Waals surface area contributed by atoms with Gasteiger partial charge in [0, 0.05) is 27.0 Å². The molecule has 5 heteroatoms. The summed E-state index contributed by atoms with van der Waals surface area (Å²) in [5, 5.41) is 15.0. The number of nitrogens with zero attached hydrogens (tertiary/aromatic N) is 2. The molecular formula is C30H22BrClN2O. The van der Waals surface area contributed by atoms with Gasteiger partial charge in [0.15, 0.2) is 12.4 Å². The lowest BCUT2D eigenvalue weighted by Crippen LogP contribution is -2.43. The van der Waals surface area contributed by atoms with E-state index in [0.717, 1.165) is 26.6 Å². The van der Waals surface area contributed by atoms with E-state index in [1.807, 2.05) is 91.3 Å². The molecule has 5 aromatic rings. The van der Waals surface area contributed by atoms with E-state index in [0.29, 0.717) is 10.6 Å². The number of pyridine rings is 2. The predicted octanol–water partition coefficient (Wildman–Crippen LogP) is 6.71. The molecule has 0 aliphatic carbocycles. The molecule has 2 atom stereocenters. The topological polar surface area (TPSA) is 39.8 Å². The SMILES string of the molecule is [O-]/C(=C\C(c1ccc(Br)cc1)C(c1ccc2ccccc2n1)[n+]1ccccc1)c1ccccc1Cl. The van der Waals surface area contributed by atoms with E-state index in [1.54, 1.807) is 18.2 Å². The van der Waals surface area contributed by atoms with Crippen molar-refractivity contribution in [3.63, 3.8) is 0 Å². The van der Waals surface area contributed by atoms with Crippen molar-refractivity contribution in [2.24, 2.45) is 0 Å². The van der Waals surface area contributed by atoms with Crippen LogP contribution in [0.3, 0.4) is 0 Å². The van der Waals surface area contributed by atoms with Crippen molar-refractivity contribution < 1.29 is 9.67 Å². The minimum Gasteiger partial charge on any atom is -0.872 e. The molecule has 0 saturated carbocycles. The third kappa shape index (κ3) is 5.14. The fourth-order valence-corrected chi connectivity index (χ4v) is 4.83. The van der Waals surface area contributed by atoms with E-state index in [-0.39, 0.29) is 17.7 Å². The fraction of sp³-hybridized carbons (Fsp3) is 0.0667. The molecule has 35 heavy (non-hydrogen) atoms. The van der Waals surface area contributed by atoms with E-state index in [4.69, 9.17) is 16.6 Å². The highest BCUT2D eigenvalue weighted by atomic mass is 79.9. The van der Waals surface area contributed by atoms with E-state index in [1.165, 1.54) is 0 Å². The van der Waals surface area contributed by atoms with Crippen LogP contribution in [0.25, 0.3) is 16.7 Å². The second kappa shape index (κ2) is 10.4. The molecule has 0 aliphatic heterocycles. The van der Waals surface area contributed by atoms with E-state index >= 15 is 0 Å². The molecule has 3 aromatic carbocycles. The van der Waals surface area contributed by atoms with Gasteiger partial charge in [-0.05, 0) is 41.5 Å². The van der Waals surface area contributed by atoms with Crippen molar-refractivity contribution >= 4 is 44.2 Å². The molecule has 0 fully saturated rings. The number of halogens is 2. The Bertz CT molecular complexity index is 1490. The number of hydrogen-bond donors (Lipinski definition) is 0. The molecule has 0 spiro atoms. The summed E-state index contributed by atoms with van der Waals surface area (Å²) in [7, 11) is 0. The average molecular weight is 542 g/mol. The van der Waals surface area contributed by atoms with Crippen LogP contribution in [0.5, 0.6) is 0 Å². The second-order valence-corrected chi connectivity index (χ2v) is 9.61. The normalized spacial score (nSPS) is 13.5. The molecule has 0 saturated heterocycles. The van der Waals surface area contributed by atoms with Gasteiger partial charge in [-0.15, -0.1) is 5.76 Å². The smallest absolute Gasteiger partial charge is 0.210 e. The number of allylic oxidation sites excluding steroid dienone is 1. The van der Waals surface area contributed by atoms with E-state index in [9.17, 15) is 5.11 Å². The Balaban J connectivity index is 1.72. The highest BCUT2D eigenvalue weighted by molar-refractivity contribution is 9.10. The molecule has 0 radical (unpaired) electrons. The van der Waals surface area contributed by atoms with Gasteiger partial charge in [-0.3, -0.25) is 0 Å². The van der Waals surface area contributed by atoms with Crippen molar-refractivity contribution in [1.82, 2.24) is 4.98 Å². The zero-order valence-electron chi connectivity index (χ0n) is 18.8. The van der Waals surface area contributed by atoms with Crippen LogP contribution >= 0.6 is 27.5 Å². The lowest BCUT2D eigenvalue weighted by atomic mass is 9.87. The third-order valence-corrected chi connectivity index (χ3v) is 6.91. The highest BCUT2D eigenvalue weighted by Crippen LogP contribution is 2.35. The molecule has 0 aliphatic rings. The Hall–Kier alpha value is -3.47. The average Bonchev–Trinajstić information content (AvgIpc) is 2.89. The molecule has 0 N–H and O–H groups in total. The molecule has 0 bridgehead atoms. The van der Waals surface area contributed by atoms with Crippen LogP contribution in [-0.2, 0) is 0 Å². The Morgan fingerprint density at radius 2 is 1.54 bits per heavy atom. The van der Waals surface area contributed by atoms with Gasteiger partial charge in [0.1, 0.15) is 5.69 Å². The van der Waals surface area contributed by atoms with Crippen LogP contribution in [0, 0.1) is 0 Å². The number of hydrogen-bond acceptors (Lipinski definition) is 2. The molecule has 2 heterocycles. The minimum atomic E-state index is -0.298. The zero-order chi connectivity index (χ0) is 24.2. The summed E-state index contributed by atoms with van der Waals surface area (Å²) in [5.74, 6) is -0.418. The number of benzene rings is 3. The highest BCUT2D eigenvalue weighted by Gasteiger charge is 2.32. The molecular weight excluding hydrogens is 520 g/mol. The first-order valence-corrected chi connectivity index (χ1v) is 12.5. The Labute approximate surface area is 218 Å². The van der Waals surface area contributed by atoms with Crippen molar-refractivity contribution in [2.45, 2.75) is 12.0 Å². The standard InChI is InChI=1S/C30H22BrClN2O/c31-23-15-12-21(13-16-23)25(20-29(35)24-9-3-4-10-26(24)32)30(34-18-6-1-7-19-34)28-17-14-22-8-2-5-11-27(22)33-28/h1-20,25,30H/b29-20-. The van der Waals surface area contributed by atoms with Crippen LogP contribution in [0.1, 0.15) is 28.8 Å². The van der Waals surface area contributed by atoms with Gasteiger partial charge < -0.3 is 5.11 Å². The van der Waals surface area contributed by atoms with Crippen LogP contribution in [-0.4, -0.2) is 4.98 Å². The summed E-state index contributed by atoms with van der Waals surface area (Å²) in [4.78, 5) is 5.03. The lowest BCUT2D eigenvalue weighted by molar-refractivity contribution is -0.716. The van der Waals surface area contributed by atoms with Gasteiger partial charge in [0.2, 0.25) is 6.04 Å². The molecule has 2 aromatic heterocycles. The molecule has 172 valence electrons. The summed E-state index contributed by atoms with van der Waals surface area (Å²) in [5.41, 5.74) is 3.28. The van der Waals surface area contributed by atoms with Gasteiger partial charge in [0.25, 0.3) is 0 Å². The zero-order valence-corrected chi connectivity index (χ0v) is 21.1. The minimum absolute atomic E-state index is 0.120. The van der Waals surface area contributed by atoms with Crippen molar-refractivity contribution in [1.29, 1.82) is 0 Å². The number of fused-ring (bicyclic) bond motifs is 1. The molecule has 0 amide bonds. The molecule has 3 nitrogen and oxygen atoms in total. The van der Waals surface area contributed by atoms with E-state index in [2.05, 4.69) is 32.6 Å². The monoisotopic (exact) mass is 540 g/mol. The summed E-state index contributed by atoms with van der Waals surface area (Å²) >= 11 is 9.92. The van der Waals surface area contributed by atoms with Crippen LogP contribution in [0.15, 0.2) is 126 Å². The quantitative estimate of drug-likeness (QED) is 0.177. The summed E-state index contributed by atoms with van der Waals surface area (Å²) in [6.45, 7) is 0. The van der Waals surface area contributed by atoms with Gasteiger partial charge in [-0.2, -0.15) is 4.57 Å². The van der Waals surface area contributed by atoms with Crippen molar-refractivity contribution in [3.8, 4) is 0 Å². The summed E-state index contributed by atoms with van der Waals surface area (Å²) in [6.07, 6.45) is 5.80. The van der Waals surface area contributed by atoms with Crippen molar-refractivity contribution in [3.05, 3.63) is 148 Å². The maximum atomic E-state index is 13.5. The fourth-order valence-electron chi connectivity index (χ4n) is 4.33. The number of rotatable bonds is 6. The maximum absolute atomic E-state index is 13.5. The lowest BCUT2D eigenvalue weighted by Gasteiger charge is -2.24. The third-order valence-electron chi connectivity index (χ3n) is 6.05. The first-order chi connectivity index (χ1) is 17.1. The van der Waals surface area contributed by atoms with Crippen LogP contribution < -0.4 is 9.67 Å². The Kier molecular flexibility index (Phi) is 6.94. The van der Waals surface area contributed by atoms with Crippen molar-refractivity contribution in [2.75, 3.05) is 0 Å². The molecule has 5 rings (SSSR count).